The third-order valence-corrected chi connectivity index (χ3v) is 7.87. The zero-order valence-electron chi connectivity index (χ0n) is 24.2. The Hall–Kier alpha value is -4.15. The Morgan fingerprint density at radius 1 is 1.02 bits per heavy atom. The van der Waals surface area contributed by atoms with E-state index in [4.69, 9.17) is 33.7 Å². The van der Waals surface area contributed by atoms with Gasteiger partial charge in [-0.05, 0) is 6.92 Å². The molecule has 250 valence electrons. The van der Waals surface area contributed by atoms with E-state index < -0.39 is 93.3 Å². The number of aryl methyl sites for hydroxylation is 1. The Balaban J connectivity index is 1.35. The van der Waals surface area contributed by atoms with E-state index in [0.717, 1.165) is 24.7 Å². The van der Waals surface area contributed by atoms with Crippen molar-refractivity contribution in [1.82, 2.24) is 34.1 Å². The van der Waals surface area contributed by atoms with Crippen LogP contribution in [-0.2, 0) is 42.1 Å². The molecule has 2 aliphatic rings. The molecule has 3 aromatic rings. The van der Waals surface area contributed by atoms with Crippen molar-refractivity contribution in [2.24, 2.45) is 0 Å². The second kappa shape index (κ2) is 12.9. The molecule has 0 amide bonds. The van der Waals surface area contributed by atoms with E-state index in [2.05, 4.69) is 24.9 Å². The van der Waals surface area contributed by atoms with Crippen LogP contribution in [0.25, 0.3) is 11.2 Å². The van der Waals surface area contributed by atoms with E-state index in [1.807, 2.05) is 0 Å². The lowest BCUT2D eigenvalue weighted by Crippen LogP contribution is -2.40. The van der Waals surface area contributed by atoms with Crippen LogP contribution in [0.15, 0.2) is 22.2 Å². The van der Waals surface area contributed by atoms with Crippen LogP contribution in [0.3, 0.4) is 0 Å². The molecule has 6 N–H and O–H groups in total. The fourth-order valence-electron chi connectivity index (χ4n) is 5.03. The monoisotopic (exact) mass is 672 g/mol. The molecule has 0 aromatic carbocycles. The Morgan fingerprint density at radius 3 is 2.30 bits per heavy atom. The molecule has 2 fully saturated rings. The molecule has 0 spiro atoms. The first-order chi connectivity index (χ1) is 21.7. The Kier molecular flexibility index (Phi) is 9.33. The van der Waals surface area contributed by atoms with Gasteiger partial charge in [-0.1, -0.05) is 0 Å². The highest BCUT2D eigenvalue weighted by Crippen LogP contribution is 2.49. The number of esters is 2. The molecule has 3 aromatic heterocycles. The number of nitrogen functional groups attached to an aromatic ring is 1. The number of aliphatic hydroxyl groups is 2. The Bertz CT molecular complexity index is 1800. The number of phosphoric ester groups is 1. The average molecular weight is 673 g/mol. The molecule has 0 radical (unpaired) electrons. The van der Waals surface area contributed by atoms with Gasteiger partial charge in [0.2, 0.25) is 5.95 Å². The quantitative estimate of drug-likeness (QED) is 0.107. The second-order valence-corrected chi connectivity index (χ2v) is 11.6. The molecule has 5 rings (SSSR count). The second-order valence-electron chi connectivity index (χ2n) is 10.2. The van der Waals surface area contributed by atoms with Crippen molar-refractivity contribution >= 4 is 36.9 Å². The van der Waals surface area contributed by atoms with Crippen molar-refractivity contribution in [3.05, 3.63) is 39.3 Å². The molecular weight excluding hydrogens is 643 g/mol. The van der Waals surface area contributed by atoms with Gasteiger partial charge in [-0.3, -0.25) is 32.6 Å². The number of rotatable bonds is 10. The lowest BCUT2D eigenvalue weighted by atomic mass is 10.1. The van der Waals surface area contributed by atoms with Gasteiger partial charge in [0.25, 0.3) is 5.56 Å². The number of ether oxygens (including phenoxy) is 4. The largest absolute Gasteiger partial charge is 0.472 e. The molecule has 5 heterocycles. The normalized spacial score (nSPS) is 29.1. The Morgan fingerprint density at radius 2 is 1.65 bits per heavy atom. The summed E-state index contributed by atoms with van der Waals surface area (Å²) in [7, 11) is -5.17. The molecular formula is C23H29N8O14P. The first-order valence-electron chi connectivity index (χ1n) is 13.4. The van der Waals surface area contributed by atoms with E-state index in [1.54, 1.807) is 0 Å². The van der Waals surface area contributed by atoms with Gasteiger partial charge in [0.15, 0.2) is 35.8 Å². The number of carbonyl (C=O) groups excluding carboxylic acids is 2. The minimum atomic E-state index is -5.17. The van der Waals surface area contributed by atoms with Gasteiger partial charge < -0.3 is 44.8 Å². The van der Waals surface area contributed by atoms with Crippen LogP contribution in [0.1, 0.15) is 32.1 Å². The van der Waals surface area contributed by atoms with Crippen LogP contribution in [0.4, 0.5) is 5.95 Å². The highest BCUT2D eigenvalue weighted by atomic mass is 31.2. The molecule has 0 bridgehead atoms. The van der Waals surface area contributed by atoms with Crippen LogP contribution >= 0.6 is 7.82 Å². The summed E-state index contributed by atoms with van der Waals surface area (Å²) in [5.74, 6) is -1.82. The first-order valence-corrected chi connectivity index (χ1v) is 14.9. The van der Waals surface area contributed by atoms with Crippen molar-refractivity contribution in [3.63, 3.8) is 0 Å². The average Bonchev–Trinajstić information content (AvgIpc) is 3.61. The fourth-order valence-corrected chi connectivity index (χ4v) is 5.99. The highest BCUT2D eigenvalue weighted by molar-refractivity contribution is 7.47. The molecule has 22 nitrogen and oxygen atoms in total. The molecule has 2 aliphatic heterocycles. The van der Waals surface area contributed by atoms with Gasteiger partial charge in [-0.2, -0.15) is 4.98 Å². The van der Waals surface area contributed by atoms with Crippen molar-refractivity contribution in [2.45, 2.75) is 69.9 Å². The lowest BCUT2D eigenvalue weighted by Gasteiger charge is -2.26. The number of H-pyrrole nitrogens is 1. The highest BCUT2D eigenvalue weighted by Gasteiger charge is 2.53. The summed E-state index contributed by atoms with van der Waals surface area (Å²) in [6.07, 6.45) is -9.86. The number of fused-ring (bicyclic) bond motifs is 1. The summed E-state index contributed by atoms with van der Waals surface area (Å²) in [6.45, 7) is 1.97. The van der Waals surface area contributed by atoms with Gasteiger partial charge >= 0.3 is 25.5 Å². The topological polar surface area (TPSA) is 305 Å². The van der Waals surface area contributed by atoms with Crippen molar-refractivity contribution in [2.75, 3.05) is 18.9 Å². The predicted octanol–water partition coefficient (Wildman–Crippen LogP) is -2.82. The number of nitrogens with one attached hydrogen (secondary N) is 1. The fraction of sp³-hybridized carbons (Fsp3) is 0.565. The van der Waals surface area contributed by atoms with Crippen LogP contribution in [0, 0.1) is 6.92 Å². The van der Waals surface area contributed by atoms with Crippen LogP contribution in [0.5, 0.6) is 0 Å². The van der Waals surface area contributed by atoms with E-state index in [0.29, 0.717) is 0 Å². The molecule has 23 heteroatoms. The summed E-state index contributed by atoms with van der Waals surface area (Å²) >= 11 is 0. The van der Waals surface area contributed by atoms with E-state index >= 15 is 0 Å². The SMILES string of the molecule is CC(=O)OC1[C@@H](OP(=O)(O)OC[C@H]2O[C@@H](n3cnc4c(=O)[nH]c(C)nc43)C(OC(C)=O)[C@H]2O)[C@@H](CO)O[C@H]1n1cnc(N)nc1=O. The number of aromatic amines is 1. The number of hydrogen-bond donors (Lipinski definition) is 5. The van der Waals surface area contributed by atoms with Gasteiger partial charge in [0.1, 0.15) is 36.6 Å². The maximum absolute atomic E-state index is 13.1. The number of imidazole rings is 1. The summed E-state index contributed by atoms with van der Waals surface area (Å²) < 4.78 is 47.4. The standard InChI is InChI=1S/C23H29N8O14P/c1-8-27-18-13(19(36)28-8)25-6-30(18)20-16(41-9(2)33)14(35)12(44-20)5-40-46(38,39)45-15-11(4-32)43-21(17(15)42-10(3)34)31-7-26-22(24)29-23(31)37/h6-7,11-12,14-17,20-21,32,35H,4-5H2,1-3H3,(H,38,39)(H2,24,29,37)(H,27,28,36)/t11-,12-,14+,15+,16?,17?,20-,21-/m1/s1. The number of anilines is 1. The van der Waals surface area contributed by atoms with Crippen molar-refractivity contribution in [3.8, 4) is 0 Å². The third-order valence-electron chi connectivity index (χ3n) is 6.88. The zero-order chi connectivity index (χ0) is 33.5. The number of nitrogens with two attached hydrogens (primary N) is 1. The molecule has 0 aliphatic carbocycles. The molecule has 3 unspecified atom stereocenters. The minimum absolute atomic E-state index is 0.0429. The number of nitrogens with zero attached hydrogens (tertiary/aromatic N) is 6. The molecule has 9 atom stereocenters. The number of aromatic nitrogens is 7. The Labute approximate surface area is 256 Å². The van der Waals surface area contributed by atoms with Crippen LogP contribution < -0.4 is 17.0 Å². The van der Waals surface area contributed by atoms with Crippen LogP contribution in [-0.4, -0.2) is 111 Å². The van der Waals surface area contributed by atoms with Gasteiger partial charge in [-0.25, -0.2) is 24.3 Å². The predicted molar refractivity (Wildman–Crippen MR) is 146 cm³/mol. The number of carbonyl (C=O) groups is 2. The van der Waals surface area contributed by atoms with Gasteiger partial charge in [0.05, 0.1) is 19.5 Å². The van der Waals surface area contributed by atoms with Gasteiger partial charge in [0, 0.05) is 13.8 Å². The third kappa shape index (κ3) is 6.69. The summed E-state index contributed by atoms with van der Waals surface area (Å²) in [5.41, 5.74) is 3.87. The molecule has 0 saturated carbocycles. The van der Waals surface area contributed by atoms with Crippen molar-refractivity contribution in [1.29, 1.82) is 0 Å². The maximum atomic E-state index is 13.1. The number of aliphatic hydroxyl groups excluding tert-OH is 2. The maximum Gasteiger partial charge on any atom is 0.472 e. The minimum Gasteiger partial charge on any atom is -0.455 e. The lowest BCUT2D eigenvalue weighted by molar-refractivity contribution is -0.156. The molecule has 46 heavy (non-hydrogen) atoms. The molecule has 2 saturated heterocycles. The van der Waals surface area contributed by atoms with E-state index in [-0.39, 0.29) is 22.9 Å². The number of phosphoric acid groups is 1. The van der Waals surface area contributed by atoms with Crippen LogP contribution in [0.2, 0.25) is 0 Å². The summed E-state index contributed by atoms with van der Waals surface area (Å²) in [4.78, 5) is 77.0. The smallest absolute Gasteiger partial charge is 0.455 e. The van der Waals surface area contributed by atoms with Crippen molar-refractivity contribution < 1.29 is 57.3 Å². The van der Waals surface area contributed by atoms with Gasteiger partial charge in [-0.15, -0.1) is 0 Å². The summed E-state index contributed by atoms with van der Waals surface area (Å²) in [5, 5.41) is 20.9. The first kappa shape index (κ1) is 33.2. The zero-order valence-corrected chi connectivity index (χ0v) is 25.1. The van der Waals surface area contributed by atoms with E-state index in [9.17, 15) is 38.8 Å². The van der Waals surface area contributed by atoms with E-state index in [1.165, 1.54) is 17.8 Å². The summed E-state index contributed by atoms with van der Waals surface area (Å²) in [6, 6.07) is 0. The number of hydrogen-bond acceptors (Lipinski definition) is 18.